The molecule has 2 aromatic carbocycles. The first-order chi connectivity index (χ1) is 11.6. The number of hydrogen-bond donors (Lipinski definition) is 1. The second kappa shape index (κ2) is 9.81. The van der Waals surface area contributed by atoms with Crippen molar-refractivity contribution in [2.45, 2.75) is 39.2 Å². The third kappa shape index (κ3) is 5.92. The van der Waals surface area contributed by atoms with Gasteiger partial charge < -0.3 is 10.1 Å². The highest BCUT2D eigenvalue weighted by atomic mass is 31.1. The van der Waals surface area contributed by atoms with E-state index in [1.165, 1.54) is 29.0 Å². The standard InChI is InChI=1S/C21H30NOP/c1-16-6-12-21(13-7-16)24-15-5-14-22-18(3)17(2)19-8-10-20(23-4)11-9-19/h6-13,17-18,22,24H,5,14-15H2,1-4H3. The number of nitrogens with one attached hydrogen (secondary N) is 1. The molecule has 1 N–H and O–H groups in total. The van der Waals surface area contributed by atoms with Crippen LogP contribution in [-0.2, 0) is 0 Å². The van der Waals surface area contributed by atoms with E-state index in [0.29, 0.717) is 12.0 Å². The van der Waals surface area contributed by atoms with Crippen LogP contribution < -0.4 is 15.4 Å². The zero-order valence-corrected chi connectivity index (χ0v) is 16.3. The molecule has 0 radical (unpaired) electrons. The fourth-order valence-electron chi connectivity index (χ4n) is 2.70. The summed E-state index contributed by atoms with van der Waals surface area (Å²) in [7, 11) is 2.62. The minimum absolute atomic E-state index is 0.473. The molecule has 3 atom stereocenters. The van der Waals surface area contributed by atoms with E-state index in [2.05, 4.69) is 62.5 Å². The summed E-state index contributed by atoms with van der Waals surface area (Å²) in [5.41, 5.74) is 2.70. The number of ether oxygens (including phenoxy) is 1. The smallest absolute Gasteiger partial charge is 0.118 e. The van der Waals surface area contributed by atoms with Crippen molar-refractivity contribution in [1.29, 1.82) is 0 Å². The molecule has 0 aromatic heterocycles. The molecular formula is C21H30NOP. The maximum Gasteiger partial charge on any atom is 0.118 e. The Balaban J connectivity index is 1.68. The van der Waals surface area contributed by atoms with E-state index < -0.39 is 0 Å². The first-order valence-electron chi connectivity index (χ1n) is 8.78. The zero-order chi connectivity index (χ0) is 17.4. The first kappa shape index (κ1) is 19.0. The third-order valence-electron chi connectivity index (χ3n) is 4.59. The van der Waals surface area contributed by atoms with E-state index in [0.717, 1.165) is 20.9 Å². The molecule has 2 nitrogen and oxygen atoms in total. The van der Waals surface area contributed by atoms with Crippen LogP contribution in [0.4, 0.5) is 0 Å². The molecule has 2 rings (SSSR count). The molecular weight excluding hydrogens is 313 g/mol. The van der Waals surface area contributed by atoms with Crippen molar-refractivity contribution in [3.8, 4) is 5.75 Å². The van der Waals surface area contributed by atoms with Gasteiger partial charge in [0, 0.05) is 6.04 Å². The molecule has 0 saturated carbocycles. The van der Waals surface area contributed by atoms with Crippen molar-refractivity contribution in [3.05, 3.63) is 59.7 Å². The number of hydrogen-bond acceptors (Lipinski definition) is 2. The lowest BCUT2D eigenvalue weighted by Gasteiger charge is -2.22. The summed E-state index contributed by atoms with van der Waals surface area (Å²) in [5.74, 6) is 1.42. The quantitative estimate of drug-likeness (QED) is 0.535. The molecule has 2 aromatic rings. The van der Waals surface area contributed by atoms with Crippen molar-refractivity contribution < 1.29 is 4.74 Å². The molecule has 3 heteroatoms. The number of aryl methyl sites for hydroxylation is 1. The average Bonchev–Trinajstić information content (AvgIpc) is 2.62. The molecule has 0 bridgehead atoms. The van der Waals surface area contributed by atoms with Crippen molar-refractivity contribution in [3.63, 3.8) is 0 Å². The molecule has 0 fully saturated rings. The van der Waals surface area contributed by atoms with Gasteiger partial charge in [0.05, 0.1) is 7.11 Å². The Kier molecular flexibility index (Phi) is 7.75. The summed E-state index contributed by atoms with van der Waals surface area (Å²) in [4.78, 5) is 0. The van der Waals surface area contributed by atoms with Crippen LogP contribution in [-0.4, -0.2) is 25.9 Å². The number of methoxy groups -OCH3 is 1. The van der Waals surface area contributed by atoms with Crippen LogP contribution in [0.5, 0.6) is 5.75 Å². The van der Waals surface area contributed by atoms with Crippen molar-refractivity contribution in [2.75, 3.05) is 19.8 Å². The van der Waals surface area contributed by atoms with Crippen LogP contribution in [0.3, 0.4) is 0 Å². The molecule has 0 saturated heterocycles. The van der Waals surface area contributed by atoms with Gasteiger partial charge in [-0.05, 0) is 61.9 Å². The average molecular weight is 343 g/mol. The Morgan fingerprint density at radius 3 is 2.29 bits per heavy atom. The van der Waals surface area contributed by atoms with Crippen LogP contribution in [0.15, 0.2) is 48.5 Å². The molecule has 24 heavy (non-hydrogen) atoms. The van der Waals surface area contributed by atoms with Gasteiger partial charge in [0.1, 0.15) is 5.75 Å². The minimum Gasteiger partial charge on any atom is -0.497 e. The molecule has 0 heterocycles. The van der Waals surface area contributed by atoms with Gasteiger partial charge in [0.15, 0.2) is 0 Å². The molecule has 0 amide bonds. The van der Waals surface area contributed by atoms with Gasteiger partial charge >= 0.3 is 0 Å². The Morgan fingerprint density at radius 2 is 1.67 bits per heavy atom. The molecule has 0 aliphatic carbocycles. The minimum atomic E-state index is 0.473. The van der Waals surface area contributed by atoms with Crippen LogP contribution in [0.25, 0.3) is 0 Å². The Labute approximate surface area is 148 Å². The highest BCUT2D eigenvalue weighted by Gasteiger charge is 2.13. The fourth-order valence-corrected chi connectivity index (χ4v) is 3.74. The second-order valence-electron chi connectivity index (χ2n) is 6.45. The fraction of sp³-hybridized carbons (Fsp3) is 0.429. The molecule has 0 aliphatic rings. The van der Waals surface area contributed by atoms with Crippen molar-refractivity contribution >= 4 is 13.9 Å². The van der Waals surface area contributed by atoms with E-state index in [4.69, 9.17) is 4.74 Å². The topological polar surface area (TPSA) is 21.3 Å². The molecule has 0 aliphatic heterocycles. The van der Waals surface area contributed by atoms with E-state index >= 15 is 0 Å². The predicted octanol–water partition coefficient (Wildman–Crippen LogP) is 4.48. The van der Waals surface area contributed by atoms with E-state index in [9.17, 15) is 0 Å². The molecule has 0 spiro atoms. The number of benzene rings is 2. The Morgan fingerprint density at radius 1 is 1.00 bits per heavy atom. The first-order valence-corrected chi connectivity index (χ1v) is 9.98. The summed E-state index contributed by atoms with van der Waals surface area (Å²) in [6.07, 6.45) is 2.49. The Bertz CT molecular complexity index is 594. The second-order valence-corrected chi connectivity index (χ2v) is 7.88. The third-order valence-corrected chi connectivity index (χ3v) is 5.94. The lowest BCUT2D eigenvalue weighted by Crippen LogP contribution is -2.31. The number of rotatable bonds is 9. The van der Waals surface area contributed by atoms with Gasteiger partial charge in [-0.2, -0.15) is 0 Å². The molecule has 3 unspecified atom stereocenters. The van der Waals surface area contributed by atoms with Gasteiger partial charge in [0.2, 0.25) is 0 Å². The van der Waals surface area contributed by atoms with Gasteiger partial charge in [-0.3, -0.25) is 0 Å². The zero-order valence-electron chi connectivity index (χ0n) is 15.3. The van der Waals surface area contributed by atoms with Crippen molar-refractivity contribution in [1.82, 2.24) is 5.32 Å². The summed E-state index contributed by atoms with van der Waals surface area (Å²) in [6, 6.07) is 17.8. The summed E-state index contributed by atoms with van der Waals surface area (Å²) in [5, 5.41) is 5.15. The van der Waals surface area contributed by atoms with Gasteiger partial charge in [-0.25, -0.2) is 0 Å². The largest absolute Gasteiger partial charge is 0.497 e. The lowest BCUT2D eigenvalue weighted by atomic mass is 9.94. The van der Waals surface area contributed by atoms with E-state index in [1.807, 2.05) is 12.1 Å². The highest BCUT2D eigenvalue weighted by molar-refractivity contribution is 7.47. The van der Waals surface area contributed by atoms with Crippen LogP contribution in [0.1, 0.15) is 37.3 Å². The SMILES string of the molecule is COc1ccc(C(C)C(C)NCCCPc2ccc(C)cc2)cc1. The maximum absolute atomic E-state index is 5.23. The lowest BCUT2D eigenvalue weighted by molar-refractivity contribution is 0.414. The predicted molar refractivity (Wildman–Crippen MR) is 107 cm³/mol. The van der Waals surface area contributed by atoms with Crippen molar-refractivity contribution in [2.24, 2.45) is 0 Å². The van der Waals surface area contributed by atoms with E-state index in [1.54, 1.807) is 7.11 Å². The van der Waals surface area contributed by atoms with Gasteiger partial charge in [-0.15, -0.1) is 0 Å². The van der Waals surface area contributed by atoms with Gasteiger partial charge in [-0.1, -0.05) is 57.5 Å². The van der Waals surface area contributed by atoms with E-state index in [-0.39, 0.29) is 0 Å². The summed E-state index contributed by atoms with van der Waals surface area (Å²) < 4.78 is 5.23. The van der Waals surface area contributed by atoms with Crippen LogP contribution in [0.2, 0.25) is 0 Å². The summed E-state index contributed by atoms with van der Waals surface area (Å²) in [6.45, 7) is 7.79. The normalized spacial score (nSPS) is 14.0. The van der Waals surface area contributed by atoms with Crippen LogP contribution >= 0.6 is 8.58 Å². The molecule has 130 valence electrons. The maximum atomic E-state index is 5.23. The monoisotopic (exact) mass is 343 g/mol. The Hall–Kier alpha value is -1.37. The van der Waals surface area contributed by atoms with Crippen LogP contribution in [0, 0.1) is 6.92 Å². The highest BCUT2D eigenvalue weighted by Crippen LogP contribution is 2.22. The van der Waals surface area contributed by atoms with Gasteiger partial charge in [0.25, 0.3) is 0 Å². The summed E-state index contributed by atoms with van der Waals surface area (Å²) >= 11 is 0.